The van der Waals surface area contributed by atoms with Gasteiger partial charge in [0, 0.05) is 6.20 Å². The lowest BCUT2D eigenvalue weighted by Crippen LogP contribution is -2.52. The average molecular weight is 331 g/mol. The molecule has 0 amide bonds. The van der Waals surface area contributed by atoms with Crippen molar-refractivity contribution in [2.45, 2.75) is 50.1 Å². The molecule has 0 fully saturated rings. The molecule has 1 aromatic rings. The van der Waals surface area contributed by atoms with Crippen molar-refractivity contribution >= 4 is 29.3 Å². The van der Waals surface area contributed by atoms with Gasteiger partial charge in [0.05, 0.1) is 10.0 Å². The molecule has 6 heteroatoms. The lowest BCUT2D eigenvalue weighted by Gasteiger charge is -2.29. The maximum atomic E-state index is 11.6. The van der Waals surface area contributed by atoms with Crippen molar-refractivity contribution in [3.8, 4) is 0 Å². The van der Waals surface area contributed by atoms with Crippen LogP contribution in [-0.4, -0.2) is 33.9 Å². The Kier molecular flexibility index (Phi) is 8.07. The summed E-state index contributed by atoms with van der Waals surface area (Å²) in [5, 5.41) is 14.2. The number of halogens is 1. The summed E-state index contributed by atoms with van der Waals surface area (Å²) in [6.45, 7) is 4.69. The molecule has 0 spiro atoms. The normalized spacial score (nSPS) is 13.9. The Morgan fingerprint density at radius 3 is 2.76 bits per heavy atom. The molecule has 1 rings (SSSR count). The quantitative estimate of drug-likeness (QED) is 0.504. The number of thioether (sulfide) groups is 1. The standard InChI is InChI=1S/C15H23ClN2O2S/c1-3-9-18-15(4-2,14(19)20)8-5-10-21-13-7-6-12(16)11-17-13/h6-7,11,18H,3-5,8-10H2,1-2H3,(H,19,20). The third-order valence-corrected chi connectivity index (χ3v) is 4.68. The lowest BCUT2D eigenvalue weighted by atomic mass is 9.90. The second-order valence-corrected chi connectivity index (χ2v) is 6.49. The predicted octanol–water partition coefficient (Wildman–Crippen LogP) is 3.84. The monoisotopic (exact) mass is 330 g/mol. The van der Waals surface area contributed by atoms with Crippen molar-refractivity contribution in [3.63, 3.8) is 0 Å². The van der Waals surface area contributed by atoms with E-state index in [2.05, 4.69) is 10.3 Å². The first-order chi connectivity index (χ1) is 10.0. The summed E-state index contributed by atoms with van der Waals surface area (Å²) >= 11 is 7.42. The molecule has 1 atom stereocenters. The smallest absolute Gasteiger partial charge is 0.323 e. The van der Waals surface area contributed by atoms with Crippen LogP contribution in [0.25, 0.3) is 0 Å². The summed E-state index contributed by atoms with van der Waals surface area (Å²) in [7, 11) is 0. The molecule has 0 radical (unpaired) electrons. The van der Waals surface area contributed by atoms with Gasteiger partial charge < -0.3 is 10.4 Å². The Morgan fingerprint density at radius 2 is 2.24 bits per heavy atom. The van der Waals surface area contributed by atoms with Gasteiger partial charge in [-0.3, -0.25) is 4.79 Å². The molecule has 1 aromatic heterocycles. The third kappa shape index (κ3) is 5.85. The third-order valence-electron chi connectivity index (χ3n) is 3.42. The van der Waals surface area contributed by atoms with Crippen LogP contribution in [0.3, 0.4) is 0 Å². The van der Waals surface area contributed by atoms with Crippen LogP contribution in [0.2, 0.25) is 5.02 Å². The number of hydrogen-bond acceptors (Lipinski definition) is 4. The second-order valence-electron chi connectivity index (χ2n) is 4.93. The number of nitrogens with zero attached hydrogens (tertiary/aromatic N) is 1. The van der Waals surface area contributed by atoms with Gasteiger partial charge >= 0.3 is 5.97 Å². The fraction of sp³-hybridized carbons (Fsp3) is 0.600. The van der Waals surface area contributed by atoms with Crippen molar-refractivity contribution in [1.29, 1.82) is 0 Å². The Bertz CT molecular complexity index is 442. The number of carboxylic acid groups (broad SMARTS) is 1. The molecule has 118 valence electrons. The highest BCUT2D eigenvalue weighted by molar-refractivity contribution is 7.99. The molecule has 1 unspecified atom stereocenters. The van der Waals surface area contributed by atoms with Gasteiger partial charge in [0.2, 0.25) is 0 Å². The molecule has 1 heterocycles. The van der Waals surface area contributed by atoms with E-state index in [4.69, 9.17) is 11.6 Å². The number of carbonyl (C=O) groups is 1. The molecule has 0 aromatic carbocycles. The van der Waals surface area contributed by atoms with Crippen LogP contribution < -0.4 is 5.32 Å². The van der Waals surface area contributed by atoms with Crippen molar-refractivity contribution < 1.29 is 9.90 Å². The number of carboxylic acids is 1. The summed E-state index contributed by atoms with van der Waals surface area (Å²) in [5.74, 6) is 0.0883. The molecule has 0 aliphatic carbocycles. The summed E-state index contributed by atoms with van der Waals surface area (Å²) in [5.41, 5.74) is -0.802. The fourth-order valence-electron chi connectivity index (χ4n) is 2.09. The van der Waals surface area contributed by atoms with Crippen LogP contribution >= 0.6 is 23.4 Å². The molecular formula is C15H23ClN2O2S. The molecule has 0 aliphatic heterocycles. The molecule has 4 nitrogen and oxygen atoms in total. The Hall–Kier alpha value is -0.780. The first-order valence-corrected chi connectivity index (χ1v) is 8.63. The van der Waals surface area contributed by atoms with Gasteiger partial charge in [-0.05, 0) is 50.1 Å². The minimum absolute atomic E-state index is 0.589. The predicted molar refractivity (Wildman–Crippen MR) is 88.2 cm³/mol. The molecular weight excluding hydrogens is 308 g/mol. The van der Waals surface area contributed by atoms with E-state index in [9.17, 15) is 9.90 Å². The number of nitrogens with one attached hydrogen (secondary N) is 1. The summed E-state index contributed by atoms with van der Waals surface area (Å²) in [6, 6.07) is 3.69. The minimum atomic E-state index is -0.802. The maximum Gasteiger partial charge on any atom is 0.323 e. The van der Waals surface area contributed by atoms with Crippen LogP contribution in [-0.2, 0) is 4.79 Å². The largest absolute Gasteiger partial charge is 0.480 e. The van der Waals surface area contributed by atoms with Crippen LogP contribution in [0.15, 0.2) is 23.4 Å². The van der Waals surface area contributed by atoms with Gasteiger partial charge in [-0.1, -0.05) is 25.4 Å². The first kappa shape index (κ1) is 18.3. The zero-order chi connectivity index (χ0) is 15.7. The van der Waals surface area contributed by atoms with Gasteiger partial charge in [0.1, 0.15) is 5.54 Å². The topological polar surface area (TPSA) is 62.2 Å². The molecule has 2 N–H and O–H groups in total. The van der Waals surface area contributed by atoms with E-state index in [0.717, 1.165) is 30.2 Å². The van der Waals surface area contributed by atoms with Crippen molar-refractivity contribution in [1.82, 2.24) is 10.3 Å². The zero-order valence-corrected chi connectivity index (χ0v) is 14.1. The minimum Gasteiger partial charge on any atom is -0.480 e. The van der Waals surface area contributed by atoms with E-state index in [1.807, 2.05) is 26.0 Å². The van der Waals surface area contributed by atoms with Crippen LogP contribution in [0, 0.1) is 0 Å². The Balaban J connectivity index is 2.46. The van der Waals surface area contributed by atoms with Gasteiger partial charge in [0.25, 0.3) is 0 Å². The summed E-state index contributed by atoms with van der Waals surface area (Å²) < 4.78 is 0. The highest BCUT2D eigenvalue weighted by atomic mass is 35.5. The van der Waals surface area contributed by atoms with Gasteiger partial charge in [0.15, 0.2) is 0 Å². The Labute approximate surface area is 135 Å². The molecule has 0 saturated carbocycles. The highest BCUT2D eigenvalue weighted by Gasteiger charge is 2.35. The van der Waals surface area contributed by atoms with Crippen LogP contribution in [0.5, 0.6) is 0 Å². The second kappa shape index (κ2) is 9.28. The van der Waals surface area contributed by atoms with E-state index < -0.39 is 11.5 Å². The molecule has 21 heavy (non-hydrogen) atoms. The molecule has 0 saturated heterocycles. The number of hydrogen-bond donors (Lipinski definition) is 2. The van der Waals surface area contributed by atoms with E-state index in [0.29, 0.717) is 17.9 Å². The number of aliphatic carboxylic acids is 1. The van der Waals surface area contributed by atoms with E-state index in [-0.39, 0.29) is 0 Å². The summed E-state index contributed by atoms with van der Waals surface area (Å²) in [4.78, 5) is 15.8. The van der Waals surface area contributed by atoms with E-state index >= 15 is 0 Å². The molecule has 0 aliphatic rings. The summed E-state index contributed by atoms with van der Waals surface area (Å²) in [6.07, 6.45) is 4.59. The van der Waals surface area contributed by atoms with E-state index in [1.54, 1.807) is 18.0 Å². The highest BCUT2D eigenvalue weighted by Crippen LogP contribution is 2.23. The molecule has 0 bridgehead atoms. The number of rotatable bonds is 10. The maximum absolute atomic E-state index is 11.6. The SMILES string of the molecule is CCCNC(CC)(CCCSc1ccc(Cl)cn1)C(=O)O. The number of aromatic nitrogens is 1. The Morgan fingerprint density at radius 1 is 1.48 bits per heavy atom. The van der Waals surface area contributed by atoms with Crippen molar-refractivity contribution in [2.75, 3.05) is 12.3 Å². The fourth-order valence-corrected chi connectivity index (χ4v) is 2.99. The first-order valence-electron chi connectivity index (χ1n) is 7.27. The average Bonchev–Trinajstić information content (AvgIpc) is 2.48. The van der Waals surface area contributed by atoms with Crippen LogP contribution in [0.1, 0.15) is 39.5 Å². The van der Waals surface area contributed by atoms with Gasteiger partial charge in [-0.15, -0.1) is 11.8 Å². The van der Waals surface area contributed by atoms with Crippen LogP contribution in [0.4, 0.5) is 0 Å². The van der Waals surface area contributed by atoms with Gasteiger partial charge in [-0.25, -0.2) is 4.98 Å². The van der Waals surface area contributed by atoms with E-state index in [1.165, 1.54) is 0 Å². The van der Waals surface area contributed by atoms with Crippen molar-refractivity contribution in [2.24, 2.45) is 0 Å². The number of pyridine rings is 1. The van der Waals surface area contributed by atoms with Crippen molar-refractivity contribution in [3.05, 3.63) is 23.4 Å². The van der Waals surface area contributed by atoms with Gasteiger partial charge in [-0.2, -0.15) is 0 Å². The lowest BCUT2D eigenvalue weighted by molar-refractivity contribution is -0.145. The zero-order valence-electron chi connectivity index (χ0n) is 12.6.